The number of aromatic nitrogens is 2. The number of methoxy groups -OCH3 is 2. The van der Waals surface area contributed by atoms with Gasteiger partial charge >= 0.3 is 13.3 Å². The second kappa shape index (κ2) is 9.05. The Balaban J connectivity index is 2.38. The molecule has 1 aliphatic heterocycles. The molecule has 0 radical (unpaired) electrons. The third kappa shape index (κ3) is 5.34. The van der Waals surface area contributed by atoms with E-state index in [1.54, 1.807) is 0 Å². The van der Waals surface area contributed by atoms with Crippen molar-refractivity contribution in [1.29, 1.82) is 0 Å². The third-order valence-electron chi connectivity index (χ3n) is 3.66. The van der Waals surface area contributed by atoms with E-state index in [4.69, 9.17) is 23.5 Å². The van der Waals surface area contributed by atoms with Gasteiger partial charge < -0.3 is 23.8 Å². The lowest BCUT2D eigenvalue weighted by atomic mass is 10.1. The molecule has 2 unspecified atom stereocenters. The van der Waals surface area contributed by atoms with Crippen LogP contribution in [0.2, 0.25) is 0 Å². The Morgan fingerprint density at radius 1 is 1.27 bits per heavy atom. The van der Waals surface area contributed by atoms with Crippen molar-refractivity contribution in [3.05, 3.63) is 33.1 Å². The van der Waals surface area contributed by atoms with Gasteiger partial charge in [-0.1, -0.05) is 0 Å². The highest BCUT2D eigenvalue weighted by molar-refractivity contribution is 7.51. The topological polar surface area (TPSA) is 138 Å². The monoisotopic (exact) mass is 394 g/mol. The van der Waals surface area contributed by atoms with Crippen LogP contribution in [-0.2, 0) is 28.0 Å². The standard InChI is InChI=1S/C14H23N2O9P/c1-21-6-7-23-12-11(25-26(3,19)20)9(8-22-2)24-13(12)16-5-4-10(17)15-14(16)18/h4-5,9,11-13H,6-8H2,1-3H3,(H,19,20)(H,15,17,18)/t9-,11?,12+,13-/m1/s1. The molecule has 148 valence electrons. The summed E-state index contributed by atoms with van der Waals surface area (Å²) in [6.45, 7) is 1.48. The van der Waals surface area contributed by atoms with E-state index in [9.17, 15) is 19.0 Å². The summed E-state index contributed by atoms with van der Waals surface area (Å²) in [5.41, 5.74) is -1.26. The molecule has 0 aliphatic carbocycles. The van der Waals surface area contributed by atoms with E-state index in [1.165, 1.54) is 20.4 Å². The Bertz CT molecular complexity index is 742. The summed E-state index contributed by atoms with van der Waals surface area (Å²) >= 11 is 0. The largest absolute Gasteiger partial charge is 0.382 e. The van der Waals surface area contributed by atoms with E-state index < -0.39 is 43.4 Å². The van der Waals surface area contributed by atoms with Gasteiger partial charge in [-0.05, 0) is 0 Å². The Morgan fingerprint density at radius 2 is 2.00 bits per heavy atom. The number of aromatic amines is 1. The summed E-state index contributed by atoms with van der Waals surface area (Å²) in [4.78, 5) is 35.2. The molecule has 1 aromatic rings. The molecule has 2 rings (SSSR count). The molecule has 12 heteroatoms. The minimum Gasteiger partial charge on any atom is -0.382 e. The van der Waals surface area contributed by atoms with Gasteiger partial charge in [0.25, 0.3) is 5.56 Å². The van der Waals surface area contributed by atoms with E-state index in [2.05, 4.69) is 4.98 Å². The fraction of sp³-hybridized carbons (Fsp3) is 0.714. The summed E-state index contributed by atoms with van der Waals surface area (Å²) in [6.07, 6.45) is -2.38. The van der Waals surface area contributed by atoms with Crippen LogP contribution in [0.15, 0.2) is 21.9 Å². The van der Waals surface area contributed by atoms with Crippen LogP contribution in [0.25, 0.3) is 0 Å². The maximum absolute atomic E-state index is 12.1. The number of nitrogens with zero attached hydrogens (tertiary/aromatic N) is 1. The van der Waals surface area contributed by atoms with Gasteiger partial charge in [0.1, 0.15) is 18.3 Å². The lowest BCUT2D eigenvalue weighted by molar-refractivity contribution is -0.0827. The van der Waals surface area contributed by atoms with Crippen molar-refractivity contribution >= 4 is 7.60 Å². The first-order valence-electron chi connectivity index (χ1n) is 7.82. The Morgan fingerprint density at radius 3 is 2.58 bits per heavy atom. The Kier molecular flexibility index (Phi) is 7.30. The summed E-state index contributed by atoms with van der Waals surface area (Å²) < 4.78 is 39.7. The summed E-state index contributed by atoms with van der Waals surface area (Å²) in [5, 5.41) is 0. The summed E-state index contributed by atoms with van der Waals surface area (Å²) in [6, 6.07) is 1.16. The lowest BCUT2D eigenvalue weighted by Crippen LogP contribution is -2.40. The molecule has 0 bridgehead atoms. The van der Waals surface area contributed by atoms with Gasteiger partial charge in [0.05, 0.1) is 19.8 Å². The predicted molar refractivity (Wildman–Crippen MR) is 89.3 cm³/mol. The number of ether oxygens (including phenoxy) is 4. The fourth-order valence-corrected chi connectivity index (χ4v) is 3.36. The van der Waals surface area contributed by atoms with Crippen molar-refractivity contribution in [3.63, 3.8) is 0 Å². The average Bonchev–Trinajstić information content (AvgIpc) is 2.84. The molecule has 0 amide bonds. The molecule has 1 aromatic heterocycles. The molecule has 1 fully saturated rings. The summed E-state index contributed by atoms with van der Waals surface area (Å²) in [5.74, 6) is 0. The quantitative estimate of drug-likeness (QED) is 0.412. The van der Waals surface area contributed by atoms with E-state index in [1.807, 2.05) is 0 Å². The number of H-pyrrole nitrogens is 1. The van der Waals surface area contributed by atoms with Crippen molar-refractivity contribution < 1.29 is 32.9 Å². The van der Waals surface area contributed by atoms with E-state index in [-0.39, 0.29) is 19.8 Å². The summed E-state index contributed by atoms with van der Waals surface area (Å²) in [7, 11) is -0.952. The molecule has 0 aromatic carbocycles. The zero-order valence-electron chi connectivity index (χ0n) is 14.7. The highest BCUT2D eigenvalue weighted by atomic mass is 31.2. The van der Waals surface area contributed by atoms with Gasteiger partial charge in [-0.3, -0.25) is 23.4 Å². The molecule has 1 saturated heterocycles. The predicted octanol–water partition coefficient (Wildman–Crippen LogP) is -0.688. The minimum atomic E-state index is -3.88. The van der Waals surface area contributed by atoms with E-state index in [0.717, 1.165) is 17.3 Å². The van der Waals surface area contributed by atoms with Crippen molar-refractivity contribution in [2.45, 2.75) is 24.5 Å². The number of nitrogens with one attached hydrogen (secondary N) is 1. The third-order valence-corrected chi connectivity index (χ3v) is 4.29. The van der Waals surface area contributed by atoms with Crippen molar-refractivity contribution in [2.75, 3.05) is 40.7 Å². The molecule has 1 aliphatic rings. The first-order valence-corrected chi connectivity index (χ1v) is 9.84. The van der Waals surface area contributed by atoms with Crippen LogP contribution in [0, 0.1) is 0 Å². The molecule has 5 atom stereocenters. The number of rotatable bonds is 9. The van der Waals surface area contributed by atoms with Crippen molar-refractivity contribution in [1.82, 2.24) is 9.55 Å². The molecule has 2 N–H and O–H groups in total. The van der Waals surface area contributed by atoms with Gasteiger partial charge in [-0.25, -0.2) is 4.79 Å². The zero-order chi connectivity index (χ0) is 19.3. The van der Waals surface area contributed by atoms with Gasteiger partial charge in [0, 0.05) is 33.1 Å². The Labute approximate surface area is 149 Å². The number of hydrogen-bond donors (Lipinski definition) is 2. The molecule has 2 heterocycles. The highest BCUT2D eigenvalue weighted by Gasteiger charge is 2.49. The molecular weight excluding hydrogens is 371 g/mol. The smallest absolute Gasteiger partial charge is 0.330 e. The Hall–Kier alpha value is -1.33. The molecular formula is C14H23N2O9P. The van der Waals surface area contributed by atoms with Crippen LogP contribution in [0.1, 0.15) is 6.23 Å². The second-order valence-corrected chi connectivity index (χ2v) is 7.56. The molecule has 26 heavy (non-hydrogen) atoms. The van der Waals surface area contributed by atoms with Crippen LogP contribution in [0.5, 0.6) is 0 Å². The molecule has 11 nitrogen and oxygen atoms in total. The minimum absolute atomic E-state index is 0.0450. The van der Waals surface area contributed by atoms with Gasteiger partial charge in [0.2, 0.25) is 0 Å². The normalized spacial score (nSPS) is 28.2. The zero-order valence-corrected chi connectivity index (χ0v) is 15.6. The highest BCUT2D eigenvalue weighted by Crippen LogP contribution is 2.44. The van der Waals surface area contributed by atoms with Crippen LogP contribution in [0.4, 0.5) is 0 Å². The lowest BCUT2D eigenvalue weighted by Gasteiger charge is -2.25. The van der Waals surface area contributed by atoms with E-state index >= 15 is 0 Å². The first-order chi connectivity index (χ1) is 12.3. The van der Waals surface area contributed by atoms with Gasteiger partial charge in [-0.2, -0.15) is 0 Å². The second-order valence-electron chi connectivity index (χ2n) is 5.74. The van der Waals surface area contributed by atoms with Crippen molar-refractivity contribution in [3.8, 4) is 0 Å². The maximum Gasteiger partial charge on any atom is 0.330 e. The van der Waals surface area contributed by atoms with Gasteiger partial charge in [-0.15, -0.1) is 0 Å². The van der Waals surface area contributed by atoms with Crippen LogP contribution < -0.4 is 11.2 Å². The van der Waals surface area contributed by atoms with E-state index in [0.29, 0.717) is 0 Å². The first kappa shape index (κ1) is 21.0. The average molecular weight is 394 g/mol. The van der Waals surface area contributed by atoms with Crippen LogP contribution in [0.3, 0.4) is 0 Å². The SMILES string of the molecule is COCCO[C@H]1C(OP(C)(=O)O)[C@@H](COC)O[C@H]1n1ccc(=O)[nH]c1=O. The van der Waals surface area contributed by atoms with Crippen LogP contribution in [-0.4, -0.2) is 73.5 Å². The van der Waals surface area contributed by atoms with Crippen molar-refractivity contribution in [2.24, 2.45) is 0 Å². The van der Waals surface area contributed by atoms with Gasteiger partial charge in [0.15, 0.2) is 6.23 Å². The van der Waals surface area contributed by atoms with Crippen LogP contribution >= 0.6 is 7.60 Å². The fourth-order valence-electron chi connectivity index (χ4n) is 2.66. The molecule has 0 saturated carbocycles. The number of hydrogen-bond acceptors (Lipinski definition) is 8. The molecule has 0 spiro atoms. The maximum atomic E-state index is 12.1.